The van der Waals surface area contributed by atoms with Crippen molar-refractivity contribution in [3.05, 3.63) is 41.2 Å². The Morgan fingerprint density at radius 3 is 3.00 bits per heavy atom. The van der Waals surface area contributed by atoms with Crippen molar-refractivity contribution in [3.8, 4) is 0 Å². The molecule has 0 bridgehead atoms. The van der Waals surface area contributed by atoms with Crippen molar-refractivity contribution < 1.29 is 5.11 Å². The molecule has 0 saturated carbocycles. The van der Waals surface area contributed by atoms with Crippen LogP contribution in [0.3, 0.4) is 0 Å². The third-order valence-electron chi connectivity index (χ3n) is 3.84. The molecule has 1 N–H and O–H groups in total. The highest BCUT2D eigenvalue weighted by molar-refractivity contribution is 5.30. The average molecular weight is 258 g/mol. The molecule has 0 amide bonds. The summed E-state index contributed by atoms with van der Waals surface area (Å²) in [6.45, 7) is 0. The highest BCUT2D eigenvalue weighted by Gasteiger charge is 2.27. The summed E-state index contributed by atoms with van der Waals surface area (Å²) in [6, 6.07) is 8.17. The van der Waals surface area contributed by atoms with E-state index in [-0.39, 0.29) is 5.92 Å². The summed E-state index contributed by atoms with van der Waals surface area (Å²) >= 11 is 0. The number of benzene rings is 1. The number of aliphatic hydroxyl groups is 1. The van der Waals surface area contributed by atoms with Crippen LogP contribution in [0.15, 0.2) is 24.3 Å². The molecule has 2 atom stereocenters. The van der Waals surface area contributed by atoms with E-state index in [1.54, 1.807) is 7.05 Å². The van der Waals surface area contributed by atoms with Gasteiger partial charge in [0.2, 0.25) is 0 Å². The maximum absolute atomic E-state index is 10.6. The van der Waals surface area contributed by atoms with Crippen molar-refractivity contribution in [2.24, 2.45) is 13.0 Å². The van der Waals surface area contributed by atoms with Crippen molar-refractivity contribution in [1.82, 2.24) is 20.2 Å². The lowest BCUT2D eigenvalue weighted by atomic mass is 9.90. The summed E-state index contributed by atoms with van der Waals surface area (Å²) in [7, 11) is 1.76. The second kappa shape index (κ2) is 5.09. The van der Waals surface area contributed by atoms with Gasteiger partial charge in [-0.1, -0.05) is 24.3 Å². The first-order valence-corrected chi connectivity index (χ1v) is 6.73. The minimum Gasteiger partial charge on any atom is -0.388 e. The molecule has 1 aliphatic carbocycles. The van der Waals surface area contributed by atoms with E-state index in [1.165, 1.54) is 10.4 Å². The van der Waals surface area contributed by atoms with Crippen molar-refractivity contribution in [3.63, 3.8) is 0 Å². The van der Waals surface area contributed by atoms with Crippen LogP contribution in [0.1, 0.15) is 35.9 Å². The van der Waals surface area contributed by atoms with E-state index in [1.807, 2.05) is 18.2 Å². The van der Waals surface area contributed by atoms with Crippen LogP contribution in [-0.2, 0) is 19.9 Å². The van der Waals surface area contributed by atoms with E-state index in [0.29, 0.717) is 12.2 Å². The first-order valence-electron chi connectivity index (χ1n) is 6.73. The number of aliphatic hydroxyl groups excluding tert-OH is 1. The Morgan fingerprint density at radius 1 is 1.37 bits per heavy atom. The highest BCUT2D eigenvalue weighted by Crippen LogP contribution is 2.34. The van der Waals surface area contributed by atoms with Gasteiger partial charge in [-0.2, -0.15) is 4.80 Å². The number of tetrazole rings is 1. The van der Waals surface area contributed by atoms with Crippen molar-refractivity contribution >= 4 is 0 Å². The van der Waals surface area contributed by atoms with Crippen LogP contribution >= 0.6 is 0 Å². The zero-order valence-electron chi connectivity index (χ0n) is 11.0. The van der Waals surface area contributed by atoms with E-state index < -0.39 is 6.10 Å². The third-order valence-corrected chi connectivity index (χ3v) is 3.84. The van der Waals surface area contributed by atoms with Crippen LogP contribution in [-0.4, -0.2) is 25.3 Å². The van der Waals surface area contributed by atoms with E-state index in [2.05, 4.69) is 21.5 Å². The summed E-state index contributed by atoms with van der Waals surface area (Å²) in [5.74, 6) is 0.888. The fraction of sp³-hybridized carbons (Fsp3) is 0.500. The summed E-state index contributed by atoms with van der Waals surface area (Å²) < 4.78 is 0. The molecule has 1 aromatic carbocycles. The molecule has 0 aliphatic heterocycles. The van der Waals surface area contributed by atoms with Gasteiger partial charge in [0.1, 0.15) is 0 Å². The Labute approximate surface area is 112 Å². The van der Waals surface area contributed by atoms with Crippen molar-refractivity contribution in [1.29, 1.82) is 0 Å². The zero-order valence-corrected chi connectivity index (χ0v) is 11.0. The Bertz CT molecular complexity index is 566. The summed E-state index contributed by atoms with van der Waals surface area (Å²) in [4.78, 5) is 1.46. The Morgan fingerprint density at radius 2 is 2.21 bits per heavy atom. The van der Waals surface area contributed by atoms with Gasteiger partial charge < -0.3 is 5.11 Å². The number of aromatic nitrogens is 4. The van der Waals surface area contributed by atoms with Crippen LogP contribution < -0.4 is 0 Å². The summed E-state index contributed by atoms with van der Waals surface area (Å²) in [5.41, 5.74) is 2.33. The third kappa shape index (κ3) is 2.51. The predicted molar refractivity (Wildman–Crippen MR) is 70.3 cm³/mol. The molecule has 2 unspecified atom stereocenters. The molecule has 0 radical (unpaired) electrons. The van der Waals surface area contributed by atoms with Gasteiger partial charge in [-0.05, 0) is 41.5 Å². The normalized spacial score (nSPS) is 22.8. The van der Waals surface area contributed by atoms with Crippen LogP contribution in [0.25, 0.3) is 0 Å². The van der Waals surface area contributed by atoms with Crippen molar-refractivity contribution in [2.75, 3.05) is 0 Å². The quantitative estimate of drug-likeness (QED) is 0.828. The topological polar surface area (TPSA) is 63.8 Å². The lowest BCUT2D eigenvalue weighted by Crippen LogP contribution is -2.15. The van der Waals surface area contributed by atoms with Gasteiger partial charge in [-0.3, -0.25) is 0 Å². The number of hydrogen-bond acceptors (Lipinski definition) is 4. The molecular formula is C14H18N4O. The number of aryl methyl sites for hydroxylation is 2. The Balaban J connectivity index is 1.83. The molecule has 100 valence electrons. The summed E-state index contributed by atoms with van der Waals surface area (Å²) in [6.07, 6.45) is 3.39. The highest BCUT2D eigenvalue weighted by atomic mass is 16.3. The SMILES string of the molecule is Cn1nnc(CC2CCCc3ccccc3C2O)n1. The zero-order chi connectivity index (χ0) is 13.2. The number of rotatable bonds is 2. The van der Waals surface area contributed by atoms with E-state index in [0.717, 1.165) is 24.8 Å². The standard InChI is InChI=1S/C14H18N4O/c1-18-16-13(15-17-18)9-11-7-4-6-10-5-2-3-8-12(10)14(11)19/h2-3,5,8,11,14,19H,4,6-7,9H2,1H3. The van der Waals surface area contributed by atoms with Crippen molar-refractivity contribution in [2.45, 2.75) is 31.8 Å². The molecule has 1 aliphatic rings. The fourth-order valence-electron chi connectivity index (χ4n) is 2.87. The molecule has 0 fully saturated rings. The maximum Gasteiger partial charge on any atom is 0.175 e. The van der Waals surface area contributed by atoms with Crippen LogP contribution in [0.5, 0.6) is 0 Å². The minimum atomic E-state index is -0.428. The largest absolute Gasteiger partial charge is 0.388 e. The van der Waals surface area contributed by atoms with Crippen LogP contribution in [0.2, 0.25) is 0 Å². The average Bonchev–Trinajstić information content (AvgIpc) is 2.75. The minimum absolute atomic E-state index is 0.174. The monoisotopic (exact) mass is 258 g/mol. The molecule has 1 aromatic heterocycles. The van der Waals surface area contributed by atoms with Gasteiger partial charge in [-0.15, -0.1) is 10.2 Å². The van der Waals surface area contributed by atoms with Gasteiger partial charge >= 0.3 is 0 Å². The molecule has 19 heavy (non-hydrogen) atoms. The first-order chi connectivity index (χ1) is 9.24. The molecule has 3 rings (SSSR count). The lowest BCUT2D eigenvalue weighted by molar-refractivity contribution is 0.104. The number of nitrogens with zero attached hydrogens (tertiary/aromatic N) is 4. The maximum atomic E-state index is 10.6. The second-order valence-corrected chi connectivity index (χ2v) is 5.20. The van der Waals surface area contributed by atoms with E-state index >= 15 is 0 Å². The predicted octanol–water partition coefficient (Wildman–Crippen LogP) is 1.44. The Hall–Kier alpha value is -1.75. The van der Waals surface area contributed by atoms with Crippen LogP contribution in [0, 0.1) is 5.92 Å². The molecule has 1 heterocycles. The molecular weight excluding hydrogens is 240 g/mol. The van der Waals surface area contributed by atoms with Gasteiger partial charge in [0, 0.05) is 6.42 Å². The van der Waals surface area contributed by atoms with Gasteiger partial charge in [-0.25, -0.2) is 0 Å². The fourth-order valence-corrected chi connectivity index (χ4v) is 2.87. The second-order valence-electron chi connectivity index (χ2n) is 5.20. The van der Waals surface area contributed by atoms with Gasteiger partial charge in [0.15, 0.2) is 5.82 Å². The molecule has 5 nitrogen and oxygen atoms in total. The number of fused-ring (bicyclic) bond motifs is 1. The first kappa shape index (κ1) is 12.3. The lowest BCUT2D eigenvalue weighted by Gasteiger charge is -2.20. The van der Waals surface area contributed by atoms with E-state index in [4.69, 9.17) is 0 Å². The Kier molecular flexibility index (Phi) is 3.29. The van der Waals surface area contributed by atoms with E-state index in [9.17, 15) is 5.11 Å². The van der Waals surface area contributed by atoms with Gasteiger partial charge in [0.05, 0.1) is 13.2 Å². The van der Waals surface area contributed by atoms with Crippen LogP contribution in [0.4, 0.5) is 0 Å². The number of hydrogen-bond donors (Lipinski definition) is 1. The molecule has 5 heteroatoms. The molecule has 0 spiro atoms. The molecule has 2 aromatic rings. The summed E-state index contributed by atoms with van der Waals surface area (Å²) in [5, 5.41) is 22.7. The van der Waals surface area contributed by atoms with Gasteiger partial charge in [0.25, 0.3) is 0 Å². The molecule has 0 saturated heterocycles. The smallest absolute Gasteiger partial charge is 0.175 e.